The second-order valence-electron chi connectivity index (χ2n) is 8.60. The minimum Gasteiger partial charge on any atom is -0.432 e. The Morgan fingerprint density at radius 2 is 1.32 bits per heavy atom. The van der Waals surface area contributed by atoms with E-state index in [1.54, 1.807) is 29.2 Å². The van der Waals surface area contributed by atoms with Gasteiger partial charge in [-0.1, -0.05) is 60.7 Å². The van der Waals surface area contributed by atoms with Gasteiger partial charge in [0.05, 0.1) is 22.4 Å². The number of carbonyl (C=O) groups excluding carboxylic acids is 1. The minimum atomic E-state index is -0.238. The Morgan fingerprint density at radius 3 is 1.89 bits per heavy atom. The van der Waals surface area contributed by atoms with Gasteiger partial charge in [-0.15, -0.1) is 0 Å². The van der Waals surface area contributed by atoms with Gasteiger partial charge in [0.1, 0.15) is 5.75 Å². The third kappa shape index (κ3) is 5.47. The summed E-state index contributed by atoms with van der Waals surface area (Å²) in [6, 6.07) is 32.4. The highest BCUT2D eigenvalue weighted by Crippen LogP contribution is 2.31. The Kier molecular flexibility index (Phi) is 6.87. The monoisotopic (exact) mass is 504 g/mol. The number of hydrogen-bond donors (Lipinski definition) is 1. The predicted octanol–water partition coefficient (Wildman–Crippen LogP) is 6.44. The number of rotatable bonds is 5. The van der Waals surface area contributed by atoms with Gasteiger partial charge in [0.25, 0.3) is 11.1 Å². The molecule has 0 saturated heterocycles. The molecular weight excluding hydrogens is 480 g/mol. The summed E-state index contributed by atoms with van der Waals surface area (Å²) in [5.41, 5.74) is 6.13. The number of nitrogens with zero attached hydrogens (tertiary/aromatic N) is 3. The third-order valence-electron chi connectivity index (χ3n) is 5.70. The highest BCUT2D eigenvalue weighted by molar-refractivity contribution is 7.80. The summed E-state index contributed by atoms with van der Waals surface area (Å²) >= 11 is 5.16. The van der Waals surface area contributed by atoms with Gasteiger partial charge in [0.2, 0.25) is 0 Å². The van der Waals surface area contributed by atoms with Crippen LogP contribution in [0, 0.1) is 0 Å². The average Bonchev–Trinajstić information content (AvgIpc) is 2.93. The number of fused-ring (bicyclic) bond motifs is 1. The van der Waals surface area contributed by atoms with Crippen molar-refractivity contribution in [1.29, 1.82) is 0 Å². The first-order valence-corrected chi connectivity index (χ1v) is 12.1. The topological polar surface area (TPSA) is 67.3 Å². The molecule has 0 fully saturated rings. The second-order valence-corrected chi connectivity index (χ2v) is 8.95. The number of aromatic nitrogens is 2. The molecule has 0 saturated carbocycles. The molecule has 0 bridgehead atoms. The van der Waals surface area contributed by atoms with Gasteiger partial charge in [0, 0.05) is 36.5 Å². The van der Waals surface area contributed by atoms with Crippen LogP contribution in [-0.2, 0) is 0 Å². The molecule has 6 nitrogen and oxygen atoms in total. The van der Waals surface area contributed by atoms with Crippen molar-refractivity contribution < 1.29 is 9.53 Å². The third-order valence-corrected chi connectivity index (χ3v) is 6.15. The number of amides is 1. The highest BCUT2D eigenvalue weighted by atomic mass is 32.1. The van der Waals surface area contributed by atoms with E-state index in [0.717, 1.165) is 28.0 Å². The van der Waals surface area contributed by atoms with Crippen molar-refractivity contribution in [2.75, 3.05) is 19.4 Å². The maximum Gasteiger partial charge on any atom is 0.264 e. The summed E-state index contributed by atoms with van der Waals surface area (Å²) in [4.78, 5) is 24.5. The molecule has 0 radical (unpaired) electrons. The van der Waals surface area contributed by atoms with E-state index in [1.807, 2.05) is 93.0 Å². The lowest BCUT2D eigenvalue weighted by atomic mass is 10.0. The van der Waals surface area contributed by atoms with E-state index in [1.165, 1.54) is 0 Å². The fourth-order valence-corrected chi connectivity index (χ4v) is 3.89. The molecule has 0 aliphatic heterocycles. The number of ether oxygens (including phenoxy) is 1. The molecular formula is C30H24N4O2S. The van der Waals surface area contributed by atoms with Crippen molar-refractivity contribution in [3.8, 4) is 28.3 Å². The predicted molar refractivity (Wildman–Crippen MR) is 152 cm³/mol. The zero-order valence-corrected chi connectivity index (χ0v) is 21.2. The fourth-order valence-electron chi connectivity index (χ4n) is 3.80. The molecule has 5 rings (SSSR count). The van der Waals surface area contributed by atoms with E-state index in [0.29, 0.717) is 27.7 Å². The second kappa shape index (κ2) is 10.6. The van der Waals surface area contributed by atoms with Crippen LogP contribution in [0.5, 0.6) is 5.75 Å². The summed E-state index contributed by atoms with van der Waals surface area (Å²) < 4.78 is 5.58. The van der Waals surface area contributed by atoms with Gasteiger partial charge >= 0.3 is 0 Å². The van der Waals surface area contributed by atoms with Gasteiger partial charge < -0.3 is 15.0 Å². The molecule has 1 aromatic heterocycles. The maximum absolute atomic E-state index is 12.9. The Morgan fingerprint density at radius 1 is 0.757 bits per heavy atom. The van der Waals surface area contributed by atoms with Crippen LogP contribution in [0.1, 0.15) is 10.4 Å². The van der Waals surface area contributed by atoms with Crippen molar-refractivity contribution in [2.24, 2.45) is 0 Å². The molecule has 0 spiro atoms. The van der Waals surface area contributed by atoms with Gasteiger partial charge in [0.15, 0.2) is 0 Å². The average molecular weight is 505 g/mol. The fraction of sp³-hybridized carbons (Fsp3) is 0.0667. The molecule has 1 N–H and O–H groups in total. The molecule has 0 aliphatic carbocycles. The van der Waals surface area contributed by atoms with Crippen molar-refractivity contribution >= 4 is 40.0 Å². The Bertz CT molecular complexity index is 1570. The zero-order chi connectivity index (χ0) is 25.8. The largest absolute Gasteiger partial charge is 0.432 e. The Hall–Kier alpha value is -4.62. The van der Waals surface area contributed by atoms with E-state index >= 15 is 0 Å². The summed E-state index contributed by atoms with van der Waals surface area (Å²) in [6.07, 6.45) is 0. The van der Waals surface area contributed by atoms with Gasteiger partial charge in [-0.3, -0.25) is 4.79 Å². The molecule has 182 valence electrons. The van der Waals surface area contributed by atoms with Crippen LogP contribution in [0.25, 0.3) is 33.5 Å². The lowest BCUT2D eigenvalue weighted by molar-refractivity contribution is 0.102. The van der Waals surface area contributed by atoms with E-state index in [-0.39, 0.29) is 5.91 Å². The highest BCUT2D eigenvalue weighted by Gasteiger charge is 2.14. The van der Waals surface area contributed by atoms with E-state index in [4.69, 9.17) is 26.9 Å². The molecule has 7 heteroatoms. The van der Waals surface area contributed by atoms with E-state index in [2.05, 4.69) is 5.32 Å². The number of carbonyl (C=O) groups is 1. The molecule has 0 atom stereocenters. The summed E-state index contributed by atoms with van der Waals surface area (Å²) in [6.45, 7) is 0. The van der Waals surface area contributed by atoms with Crippen LogP contribution < -0.4 is 10.1 Å². The molecule has 37 heavy (non-hydrogen) atoms. The van der Waals surface area contributed by atoms with Crippen LogP contribution in [0.2, 0.25) is 0 Å². The summed E-state index contributed by atoms with van der Waals surface area (Å²) in [5.74, 6) is 0.331. The van der Waals surface area contributed by atoms with Gasteiger partial charge in [-0.05, 0) is 54.7 Å². The first-order chi connectivity index (χ1) is 18.0. The van der Waals surface area contributed by atoms with E-state index < -0.39 is 0 Å². The SMILES string of the molecule is CN(C)C(=S)Oc1ccc(C(=O)Nc2ccc3nc(-c4ccccc4)c(-c4ccccc4)nc3c2)cc1. The molecule has 0 aliphatic rings. The summed E-state index contributed by atoms with van der Waals surface area (Å²) in [5, 5.41) is 3.30. The molecule has 0 unspecified atom stereocenters. The molecule has 4 aromatic carbocycles. The quantitative estimate of drug-likeness (QED) is 0.278. The smallest absolute Gasteiger partial charge is 0.264 e. The zero-order valence-electron chi connectivity index (χ0n) is 20.4. The number of anilines is 1. The van der Waals surface area contributed by atoms with Crippen molar-refractivity contribution in [3.63, 3.8) is 0 Å². The Labute approximate surface area is 220 Å². The van der Waals surface area contributed by atoms with Crippen LogP contribution in [0.4, 0.5) is 5.69 Å². The normalized spacial score (nSPS) is 10.6. The number of nitrogens with one attached hydrogen (secondary N) is 1. The number of thiocarbonyl (C=S) groups is 1. The number of hydrogen-bond acceptors (Lipinski definition) is 5. The van der Waals surface area contributed by atoms with Gasteiger partial charge in [-0.25, -0.2) is 9.97 Å². The molecule has 5 aromatic rings. The minimum absolute atomic E-state index is 0.238. The van der Waals surface area contributed by atoms with Crippen LogP contribution in [0.3, 0.4) is 0 Å². The van der Waals surface area contributed by atoms with Crippen molar-refractivity contribution in [3.05, 3.63) is 109 Å². The summed E-state index contributed by atoms with van der Waals surface area (Å²) in [7, 11) is 3.62. The van der Waals surface area contributed by atoms with Crippen LogP contribution >= 0.6 is 12.2 Å². The molecule has 1 amide bonds. The Balaban J connectivity index is 1.44. The maximum atomic E-state index is 12.9. The standard InChI is InChI=1S/C30H24N4O2S/c1-34(2)30(37)36-24-16-13-22(14-17-24)29(35)31-23-15-18-25-26(19-23)33-28(21-11-7-4-8-12-21)27(32-25)20-9-5-3-6-10-20/h3-19H,1-2H3,(H,31,35). The van der Waals surface area contributed by atoms with E-state index in [9.17, 15) is 4.79 Å². The first-order valence-electron chi connectivity index (χ1n) is 11.7. The van der Waals surface area contributed by atoms with Crippen molar-refractivity contribution in [1.82, 2.24) is 14.9 Å². The lowest BCUT2D eigenvalue weighted by Crippen LogP contribution is -2.25. The van der Waals surface area contributed by atoms with Crippen LogP contribution in [0.15, 0.2) is 103 Å². The first kappa shape index (κ1) is 24.1. The number of benzene rings is 4. The molecule has 1 heterocycles. The lowest BCUT2D eigenvalue weighted by Gasteiger charge is -2.14. The van der Waals surface area contributed by atoms with Crippen LogP contribution in [-0.4, -0.2) is 40.0 Å². The van der Waals surface area contributed by atoms with Gasteiger partial charge in [-0.2, -0.15) is 0 Å². The van der Waals surface area contributed by atoms with Crippen molar-refractivity contribution in [2.45, 2.75) is 0 Å².